The Labute approximate surface area is 156 Å². The maximum atomic E-state index is 12.4. The van der Waals surface area contributed by atoms with Crippen molar-refractivity contribution in [2.24, 2.45) is 0 Å². The molecule has 1 heterocycles. The van der Waals surface area contributed by atoms with Gasteiger partial charge in [-0.3, -0.25) is 4.79 Å². The molecule has 1 N–H and O–H groups in total. The van der Waals surface area contributed by atoms with E-state index in [1.54, 1.807) is 18.2 Å². The summed E-state index contributed by atoms with van der Waals surface area (Å²) in [4.78, 5) is 12.4. The van der Waals surface area contributed by atoms with E-state index in [2.05, 4.69) is 5.32 Å². The minimum atomic E-state index is -0.157. The normalized spacial score (nSPS) is 10.8. The zero-order valence-electron chi connectivity index (χ0n) is 14.1. The van der Waals surface area contributed by atoms with Gasteiger partial charge in [0.2, 0.25) is 0 Å². The number of hydrogen-bond acceptors (Lipinski definition) is 2. The molecule has 3 aromatic carbocycles. The third-order valence-electron chi connectivity index (χ3n) is 4.29. The fourth-order valence-corrected chi connectivity index (χ4v) is 3.15. The maximum Gasteiger partial charge on any atom is 0.255 e. The summed E-state index contributed by atoms with van der Waals surface area (Å²) in [5.74, 6) is 0.647. The van der Waals surface area contributed by atoms with Gasteiger partial charge in [-0.15, -0.1) is 0 Å². The highest BCUT2D eigenvalue weighted by molar-refractivity contribution is 6.30. The SMILES string of the molecule is Cc1cc(Cl)ccc1C(=O)Nc1ccc(-c2cc3ccccc3o2)cc1. The predicted molar refractivity (Wildman–Crippen MR) is 106 cm³/mol. The monoisotopic (exact) mass is 361 g/mol. The zero-order chi connectivity index (χ0) is 18.1. The van der Waals surface area contributed by atoms with Crippen molar-refractivity contribution < 1.29 is 9.21 Å². The van der Waals surface area contributed by atoms with Crippen LogP contribution in [0.5, 0.6) is 0 Å². The van der Waals surface area contributed by atoms with Crippen molar-refractivity contribution in [1.29, 1.82) is 0 Å². The lowest BCUT2D eigenvalue weighted by Crippen LogP contribution is -2.13. The van der Waals surface area contributed by atoms with E-state index in [9.17, 15) is 4.79 Å². The minimum Gasteiger partial charge on any atom is -0.456 e. The number of halogens is 1. The predicted octanol–water partition coefficient (Wildman–Crippen LogP) is 6.31. The molecule has 0 saturated carbocycles. The standard InChI is InChI=1S/C22H16ClNO2/c1-14-12-17(23)8-11-19(14)22(25)24-18-9-6-15(7-10-18)21-13-16-4-2-3-5-20(16)26-21/h2-13H,1H3,(H,24,25). The van der Waals surface area contributed by atoms with Crippen LogP contribution in [0.2, 0.25) is 5.02 Å². The van der Waals surface area contributed by atoms with Crippen LogP contribution in [0.1, 0.15) is 15.9 Å². The Hall–Kier alpha value is -3.04. The van der Waals surface area contributed by atoms with Gasteiger partial charge in [-0.05, 0) is 67.1 Å². The van der Waals surface area contributed by atoms with Crippen LogP contribution in [0.4, 0.5) is 5.69 Å². The fourth-order valence-electron chi connectivity index (χ4n) is 2.92. The van der Waals surface area contributed by atoms with Gasteiger partial charge in [0.1, 0.15) is 11.3 Å². The number of aryl methyl sites for hydroxylation is 1. The molecule has 3 nitrogen and oxygen atoms in total. The summed E-state index contributed by atoms with van der Waals surface area (Å²) in [7, 11) is 0. The van der Waals surface area contributed by atoms with E-state index in [0.717, 1.165) is 33.5 Å². The first kappa shape index (κ1) is 16.4. The third-order valence-corrected chi connectivity index (χ3v) is 4.52. The van der Waals surface area contributed by atoms with Crippen LogP contribution in [0, 0.1) is 6.92 Å². The number of fused-ring (bicyclic) bond motifs is 1. The summed E-state index contributed by atoms with van der Waals surface area (Å²) in [6, 6.07) is 22.7. The lowest BCUT2D eigenvalue weighted by Gasteiger charge is -2.08. The molecule has 128 valence electrons. The average molecular weight is 362 g/mol. The molecule has 0 saturated heterocycles. The first-order valence-electron chi connectivity index (χ1n) is 8.27. The van der Waals surface area contributed by atoms with E-state index < -0.39 is 0 Å². The van der Waals surface area contributed by atoms with Gasteiger partial charge in [-0.25, -0.2) is 0 Å². The van der Waals surface area contributed by atoms with Crippen LogP contribution in [0.3, 0.4) is 0 Å². The number of para-hydroxylation sites is 1. The quantitative estimate of drug-likeness (QED) is 0.464. The van der Waals surface area contributed by atoms with E-state index in [0.29, 0.717) is 10.6 Å². The molecule has 0 atom stereocenters. The second-order valence-electron chi connectivity index (χ2n) is 6.14. The molecule has 4 heteroatoms. The van der Waals surface area contributed by atoms with E-state index >= 15 is 0 Å². The summed E-state index contributed by atoms with van der Waals surface area (Å²) < 4.78 is 5.87. The number of furan rings is 1. The third kappa shape index (κ3) is 3.22. The molecule has 0 fully saturated rings. The largest absolute Gasteiger partial charge is 0.456 e. The molecule has 0 aliphatic rings. The molecule has 4 rings (SSSR count). The van der Waals surface area contributed by atoms with Crippen molar-refractivity contribution in [3.8, 4) is 11.3 Å². The summed E-state index contributed by atoms with van der Waals surface area (Å²) in [5.41, 5.74) is 3.99. The molecular weight excluding hydrogens is 346 g/mol. The number of anilines is 1. The molecule has 26 heavy (non-hydrogen) atoms. The Morgan fingerprint density at radius 1 is 0.962 bits per heavy atom. The lowest BCUT2D eigenvalue weighted by atomic mass is 10.1. The van der Waals surface area contributed by atoms with Crippen LogP contribution >= 0.6 is 11.6 Å². The number of nitrogens with one attached hydrogen (secondary N) is 1. The van der Waals surface area contributed by atoms with Gasteiger partial charge < -0.3 is 9.73 Å². The van der Waals surface area contributed by atoms with E-state index in [-0.39, 0.29) is 5.91 Å². The van der Waals surface area contributed by atoms with Gasteiger partial charge in [-0.1, -0.05) is 29.8 Å². The number of benzene rings is 3. The molecule has 1 amide bonds. The molecular formula is C22H16ClNO2. The number of carbonyl (C=O) groups excluding carboxylic acids is 1. The summed E-state index contributed by atoms with van der Waals surface area (Å²) in [6.45, 7) is 1.87. The average Bonchev–Trinajstić information content (AvgIpc) is 3.06. The Kier molecular flexibility index (Phi) is 4.23. The van der Waals surface area contributed by atoms with Crippen LogP contribution in [-0.4, -0.2) is 5.91 Å². The number of hydrogen-bond donors (Lipinski definition) is 1. The maximum absolute atomic E-state index is 12.4. The lowest BCUT2D eigenvalue weighted by molar-refractivity contribution is 0.102. The first-order valence-corrected chi connectivity index (χ1v) is 8.64. The highest BCUT2D eigenvalue weighted by Crippen LogP contribution is 2.28. The van der Waals surface area contributed by atoms with Gasteiger partial charge in [-0.2, -0.15) is 0 Å². The molecule has 0 aliphatic carbocycles. The van der Waals surface area contributed by atoms with Crippen LogP contribution in [0.25, 0.3) is 22.3 Å². The van der Waals surface area contributed by atoms with Gasteiger partial charge >= 0.3 is 0 Å². The number of rotatable bonds is 3. The molecule has 1 aromatic heterocycles. The van der Waals surface area contributed by atoms with E-state index in [1.165, 1.54) is 0 Å². The minimum absolute atomic E-state index is 0.157. The summed E-state index contributed by atoms with van der Waals surface area (Å²) in [5, 5.41) is 4.60. The Morgan fingerprint density at radius 3 is 2.46 bits per heavy atom. The van der Waals surface area contributed by atoms with Gasteiger partial charge in [0.05, 0.1) is 0 Å². The Balaban J connectivity index is 1.55. The fraction of sp³-hybridized carbons (Fsp3) is 0.0455. The zero-order valence-corrected chi connectivity index (χ0v) is 14.9. The topological polar surface area (TPSA) is 42.2 Å². The smallest absolute Gasteiger partial charge is 0.255 e. The number of carbonyl (C=O) groups is 1. The Morgan fingerprint density at radius 2 is 1.73 bits per heavy atom. The van der Waals surface area contributed by atoms with Crippen LogP contribution in [0.15, 0.2) is 77.2 Å². The van der Waals surface area contributed by atoms with Crippen molar-refractivity contribution in [3.63, 3.8) is 0 Å². The van der Waals surface area contributed by atoms with Crippen molar-refractivity contribution in [2.45, 2.75) is 6.92 Å². The van der Waals surface area contributed by atoms with Crippen LogP contribution < -0.4 is 5.32 Å². The first-order chi connectivity index (χ1) is 12.6. The van der Waals surface area contributed by atoms with E-state index in [1.807, 2.05) is 61.5 Å². The summed E-state index contributed by atoms with van der Waals surface area (Å²) in [6.07, 6.45) is 0. The Bertz CT molecular complexity index is 1060. The van der Waals surface area contributed by atoms with Crippen molar-refractivity contribution in [3.05, 3.63) is 88.9 Å². The summed E-state index contributed by atoms with van der Waals surface area (Å²) >= 11 is 5.95. The van der Waals surface area contributed by atoms with Crippen molar-refractivity contribution >= 4 is 34.2 Å². The highest BCUT2D eigenvalue weighted by atomic mass is 35.5. The number of amides is 1. The van der Waals surface area contributed by atoms with E-state index in [4.69, 9.17) is 16.0 Å². The van der Waals surface area contributed by atoms with Crippen molar-refractivity contribution in [1.82, 2.24) is 0 Å². The van der Waals surface area contributed by atoms with Crippen molar-refractivity contribution in [2.75, 3.05) is 5.32 Å². The highest BCUT2D eigenvalue weighted by Gasteiger charge is 2.10. The molecule has 0 spiro atoms. The molecule has 4 aromatic rings. The molecule has 0 radical (unpaired) electrons. The molecule has 0 unspecified atom stereocenters. The van der Waals surface area contributed by atoms with Crippen LogP contribution in [-0.2, 0) is 0 Å². The van der Waals surface area contributed by atoms with Gasteiger partial charge in [0.25, 0.3) is 5.91 Å². The second-order valence-corrected chi connectivity index (χ2v) is 6.58. The molecule has 0 bridgehead atoms. The van der Waals surface area contributed by atoms with Gasteiger partial charge in [0.15, 0.2) is 0 Å². The second kappa shape index (κ2) is 6.70. The van der Waals surface area contributed by atoms with Gasteiger partial charge in [0, 0.05) is 27.2 Å². The molecule has 0 aliphatic heterocycles.